The van der Waals surface area contributed by atoms with Crippen LogP contribution in [0.4, 0.5) is 0 Å². The lowest BCUT2D eigenvalue weighted by atomic mass is 10.1. The number of carbonyl (C=O) groups is 1. The molecule has 0 spiro atoms. The third-order valence-corrected chi connectivity index (χ3v) is 3.31. The van der Waals surface area contributed by atoms with Crippen molar-refractivity contribution in [3.63, 3.8) is 0 Å². The Bertz CT molecular complexity index is 837. The molecule has 0 aliphatic rings. The predicted octanol–water partition coefficient (Wildman–Crippen LogP) is 3.15. The number of amides is 1. The summed E-state index contributed by atoms with van der Waals surface area (Å²) in [6.45, 7) is 2.01. The number of benzene rings is 2. The number of hydrogen-bond donors (Lipinski definition) is 2. The quantitative estimate of drug-likeness (QED) is 0.574. The zero-order valence-corrected chi connectivity index (χ0v) is 12.7. The zero-order chi connectivity index (χ0) is 16.1. The van der Waals surface area contributed by atoms with Crippen LogP contribution in [0.2, 0.25) is 0 Å². The van der Waals surface area contributed by atoms with Gasteiger partial charge in [-0.2, -0.15) is 10.2 Å². The Balaban J connectivity index is 1.66. The van der Waals surface area contributed by atoms with Crippen molar-refractivity contribution in [3.8, 4) is 11.3 Å². The van der Waals surface area contributed by atoms with Gasteiger partial charge < -0.3 is 0 Å². The Hall–Kier alpha value is -3.21. The molecular weight excluding hydrogens is 288 g/mol. The molecule has 2 N–H and O–H groups in total. The summed E-state index contributed by atoms with van der Waals surface area (Å²) in [7, 11) is 0. The molecule has 0 saturated heterocycles. The number of hydrogen-bond acceptors (Lipinski definition) is 3. The highest BCUT2D eigenvalue weighted by Gasteiger charge is 2.09. The van der Waals surface area contributed by atoms with E-state index in [1.54, 1.807) is 12.3 Å². The summed E-state index contributed by atoms with van der Waals surface area (Å²) in [5.74, 6) is -0.330. The SMILES string of the molecule is Cc1cccc(C=NNC(=O)c2cc(-c3ccccc3)n[nH]2)c1. The molecule has 0 aliphatic heterocycles. The summed E-state index contributed by atoms with van der Waals surface area (Å²) < 4.78 is 0. The molecule has 23 heavy (non-hydrogen) atoms. The first-order valence-corrected chi connectivity index (χ1v) is 7.23. The van der Waals surface area contributed by atoms with Gasteiger partial charge in [-0.25, -0.2) is 5.43 Å². The summed E-state index contributed by atoms with van der Waals surface area (Å²) in [5, 5.41) is 10.8. The molecule has 1 amide bonds. The lowest BCUT2D eigenvalue weighted by Crippen LogP contribution is -2.18. The number of carbonyl (C=O) groups excluding carboxylic acids is 1. The van der Waals surface area contributed by atoms with Crippen molar-refractivity contribution in [1.29, 1.82) is 0 Å². The number of aryl methyl sites for hydroxylation is 1. The number of nitrogens with one attached hydrogen (secondary N) is 2. The fourth-order valence-corrected chi connectivity index (χ4v) is 2.17. The minimum absolute atomic E-state index is 0.330. The molecule has 0 radical (unpaired) electrons. The highest BCUT2D eigenvalue weighted by Crippen LogP contribution is 2.16. The minimum atomic E-state index is -0.330. The summed E-state index contributed by atoms with van der Waals surface area (Å²) in [4.78, 5) is 12.1. The van der Waals surface area contributed by atoms with Crippen molar-refractivity contribution in [2.24, 2.45) is 5.10 Å². The van der Waals surface area contributed by atoms with Crippen molar-refractivity contribution < 1.29 is 4.79 Å². The molecular formula is C18H16N4O. The van der Waals surface area contributed by atoms with E-state index < -0.39 is 0 Å². The Morgan fingerprint density at radius 2 is 1.96 bits per heavy atom. The molecule has 0 unspecified atom stereocenters. The second-order valence-electron chi connectivity index (χ2n) is 5.15. The lowest BCUT2D eigenvalue weighted by molar-refractivity contribution is 0.0950. The summed E-state index contributed by atoms with van der Waals surface area (Å²) >= 11 is 0. The van der Waals surface area contributed by atoms with Gasteiger partial charge >= 0.3 is 0 Å². The average molecular weight is 304 g/mol. The molecule has 0 aliphatic carbocycles. The maximum absolute atomic E-state index is 12.1. The van der Waals surface area contributed by atoms with Crippen LogP contribution in [0.1, 0.15) is 21.6 Å². The topological polar surface area (TPSA) is 70.1 Å². The molecule has 3 aromatic rings. The molecule has 5 heteroatoms. The second-order valence-corrected chi connectivity index (χ2v) is 5.15. The Kier molecular flexibility index (Phi) is 4.29. The van der Waals surface area contributed by atoms with Crippen LogP contribution in [0.25, 0.3) is 11.3 Å². The smallest absolute Gasteiger partial charge is 0.272 e. The van der Waals surface area contributed by atoms with Crippen LogP contribution in [0.3, 0.4) is 0 Å². The second kappa shape index (κ2) is 6.70. The highest BCUT2D eigenvalue weighted by molar-refractivity contribution is 5.94. The normalized spacial score (nSPS) is 10.8. The number of aromatic nitrogens is 2. The Labute approximate surface area is 134 Å². The molecule has 1 heterocycles. The van der Waals surface area contributed by atoms with E-state index in [9.17, 15) is 4.79 Å². The molecule has 1 aromatic heterocycles. The molecule has 3 rings (SSSR count). The van der Waals surface area contributed by atoms with E-state index in [1.165, 1.54) is 0 Å². The first-order valence-electron chi connectivity index (χ1n) is 7.23. The fourth-order valence-electron chi connectivity index (χ4n) is 2.17. The van der Waals surface area contributed by atoms with Crippen molar-refractivity contribution >= 4 is 12.1 Å². The Morgan fingerprint density at radius 1 is 1.13 bits per heavy atom. The van der Waals surface area contributed by atoms with Crippen molar-refractivity contribution in [2.45, 2.75) is 6.92 Å². The van der Waals surface area contributed by atoms with Gasteiger partial charge in [0.05, 0.1) is 11.9 Å². The predicted molar refractivity (Wildman–Crippen MR) is 90.3 cm³/mol. The van der Waals surface area contributed by atoms with E-state index in [-0.39, 0.29) is 5.91 Å². The third kappa shape index (κ3) is 3.71. The standard InChI is InChI=1S/C18H16N4O/c1-13-6-5-7-14(10-13)12-19-22-18(23)17-11-16(20-21-17)15-8-3-2-4-9-15/h2-12H,1H3,(H,20,21)(H,22,23). The van der Waals surface area contributed by atoms with Gasteiger partial charge in [0.15, 0.2) is 0 Å². The summed E-state index contributed by atoms with van der Waals surface area (Å²) in [6.07, 6.45) is 1.61. The van der Waals surface area contributed by atoms with Gasteiger partial charge in [-0.05, 0) is 18.6 Å². The van der Waals surface area contributed by atoms with Gasteiger partial charge in [-0.3, -0.25) is 9.89 Å². The lowest BCUT2D eigenvalue weighted by Gasteiger charge is -1.97. The van der Waals surface area contributed by atoms with Crippen LogP contribution < -0.4 is 5.43 Å². The van der Waals surface area contributed by atoms with E-state index in [0.717, 1.165) is 22.4 Å². The van der Waals surface area contributed by atoms with Gasteiger partial charge in [0, 0.05) is 5.56 Å². The van der Waals surface area contributed by atoms with Crippen LogP contribution in [0.5, 0.6) is 0 Å². The Morgan fingerprint density at radius 3 is 2.74 bits per heavy atom. The first-order chi connectivity index (χ1) is 11.2. The summed E-state index contributed by atoms with van der Waals surface area (Å²) in [6, 6.07) is 19.2. The van der Waals surface area contributed by atoms with E-state index in [0.29, 0.717) is 5.69 Å². The third-order valence-electron chi connectivity index (χ3n) is 3.31. The summed E-state index contributed by atoms with van der Waals surface area (Å²) in [5.41, 5.74) is 6.60. The minimum Gasteiger partial charge on any atom is -0.272 e. The maximum Gasteiger partial charge on any atom is 0.289 e. The molecule has 0 fully saturated rings. The molecule has 2 aromatic carbocycles. The number of aromatic amines is 1. The number of rotatable bonds is 4. The largest absolute Gasteiger partial charge is 0.289 e. The fraction of sp³-hybridized carbons (Fsp3) is 0.0556. The van der Waals surface area contributed by atoms with Crippen molar-refractivity contribution in [3.05, 3.63) is 77.5 Å². The van der Waals surface area contributed by atoms with Crippen LogP contribution in [0.15, 0.2) is 65.8 Å². The van der Waals surface area contributed by atoms with Crippen LogP contribution in [0, 0.1) is 6.92 Å². The van der Waals surface area contributed by atoms with Gasteiger partial charge in [0.1, 0.15) is 5.69 Å². The first kappa shape index (κ1) is 14.7. The highest BCUT2D eigenvalue weighted by atomic mass is 16.2. The molecule has 114 valence electrons. The average Bonchev–Trinajstić information content (AvgIpc) is 3.06. The van der Waals surface area contributed by atoms with Gasteiger partial charge in [-0.15, -0.1) is 0 Å². The molecule has 0 atom stereocenters. The van der Waals surface area contributed by atoms with Crippen LogP contribution in [-0.2, 0) is 0 Å². The van der Waals surface area contributed by atoms with E-state index in [1.807, 2.05) is 61.5 Å². The van der Waals surface area contributed by atoms with Crippen molar-refractivity contribution in [1.82, 2.24) is 15.6 Å². The van der Waals surface area contributed by atoms with E-state index in [4.69, 9.17) is 0 Å². The molecule has 5 nitrogen and oxygen atoms in total. The molecule has 0 saturated carbocycles. The van der Waals surface area contributed by atoms with Gasteiger partial charge in [0.2, 0.25) is 0 Å². The van der Waals surface area contributed by atoms with E-state index in [2.05, 4.69) is 20.7 Å². The maximum atomic E-state index is 12.1. The number of H-pyrrole nitrogens is 1. The number of hydrazone groups is 1. The number of nitrogens with zero attached hydrogens (tertiary/aromatic N) is 2. The van der Waals surface area contributed by atoms with E-state index >= 15 is 0 Å². The monoisotopic (exact) mass is 304 g/mol. The molecule has 0 bridgehead atoms. The van der Waals surface area contributed by atoms with Crippen LogP contribution >= 0.6 is 0 Å². The zero-order valence-electron chi connectivity index (χ0n) is 12.7. The van der Waals surface area contributed by atoms with Gasteiger partial charge in [-0.1, -0.05) is 60.2 Å². The van der Waals surface area contributed by atoms with Gasteiger partial charge in [0.25, 0.3) is 5.91 Å². The van der Waals surface area contributed by atoms with Crippen molar-refractivity contribution in [2.75, 3.05) is 0 Å². The van der Waals surface area contributed by atoms with Crippen LogP contribution in [-0.4, -0.2) is 22.3 Å².